The smallest absolute Gasteiger partial charge is 0.223 e. The van der Waals surface area contributed by atoms with E-state index in [9.17, 15) is 4.79 Å². The van der Waals surface area contributed by atoms with Crippen LogP contribution in [-0.2, 0) is 10.3 Å². The maximum Gasteiger partial charge on any atom is 0.223 e. The van der Waals surface area contributed by atoms with Gasteiger partial charge in [0.25, 0.3) is 0 Å². The van der Waals surface area contributed by atoms with Crippen LogP contribution in [0.1, 0.15) is 50.6 Å². The number of carbonyl (C=O) groups excluding carboxylic acids is 1. The molecule has 134 valence electrons. The van der Waals surface area contributed by atoms with Crippen LogP contribution in [0.25, 0.3) is 0 Å². The van der Waals surface area contributed by atoms with E-state index in [1.807, 2.05) is 17.2 Å². The molecule has 25 heavy (non-hydrogen) atoms. The van der Waals surface area contributed by atoms with Gasteiger partial charge < -0.3 is 4.90 Å². The highest BCUT2D eigenvalue weighted by molar-refractivity contribution is 5.79. The minimum Gasteiger partial charge on any atom is -0.342 e. The third kappa shape index (κ3) is 3.41. The number of nitriles is 1. The number of amides is 1. The second-order valence-corrected chi connectivity index (χ2v) is 7.89. The summed E-state index contributed by atoms with van der Waals surface area (Å²) in [4.78, 5) is 21.4. The fourth-order valence-electron chi connectivity index (χ4n) is 4.63. The predicted octanol–water partition coefficient (Wildman–Crippen LogP) is 2.93. The summed E-state index contributed by atoms with van der Waals surface area (Å²) in [6.45, 7) is 1.59. The number of likely N-dealkylation sites (tertiary alicyclic amines) is 1. The molecule has 0 unspecified atom stereocenters. The molecule has 1 aromatic rings. The van der Waals surface area contributed by atoms with Crippen LogP contribution in [0.15, 0.2) is 24.4 Å². The Bertz CT molecular complexity index is 641. The Kier molecular flexibility index (Phi) is 5.10. The molecule has 0 N–H and O–H groups in total. The zero-order valence-corrected chi connectivity index (χ0v) is 15.4. The van der Waals surface area contributed by atoms with Crippen LogP contribution in [0.3, 0.4) is 0 Å². The molecule has 0 radical (unpaired) electrons. The van der Waals surface area contributed by atoms with E-state index in [1.165, 1.54) is 0 Å². The minimum absolute atomic E-state index is 0.0240. The van der Waals surface area contributed by atoms with E-state index in [0.29, 0.717) is 12.8 Å². The number of hydrogen-bond acceptors (Lipinski definition) is 4. The van der Waals surface area contributed by atoms with Crippen molar-refractivity contribution in [3.05, 3.63) is 30.1 Å². The highest BCUT2D eigenvalue weighted by Crippen LogP contribution is 2.51. The first-order valence-electron chi connectivity index (χ1n) is 9.25. The van der Waals surface area contributed by atoms with E-state index in [2.05, 4.69) is 42.2 Å². The van der Waals surface area contributed by atoms with Gasteiger partial charge in [0.05, 0.1) is 17.3 Å². The third-order valence-corrected chi connectivity index (χ3v) is 6.26. The van der Waals surface area contributed by atoms with Crippen molar-refractivity contribution in [2.24, 2.45) is 5.41 Å². The van der Waals surface area contributed by atoms with Gasteiger partial charge in [-0.2, -0.15) is 5.26 Å². The summed E-state index contributed by atoms with van der Waals surface area (Å²) in [6, 6.07) is 8.33. The first-order chi connectivity index (χ1) is 12.0. The lowest BCUT2D eigenvalue weighted by atomic mass is 9.65. The summed E-state index contributed by atoms with van der Waals surface area (Å²) in [5, 5.41) is 8.70. The average molecular weight is 340 g/mol. The maximum atomic E-state index is 12.4. The Labute approximate surface area is 150 Å². The molecule has 3 rings (SSSR count). The quantitative estimate of drug-likeness (QED) is 0.773. The summed E-state index contributed by atoms with van der Waals surface area (Å²) < 4.78 is 0. The monoisotopic (exact) mass is 340 g/mol. The normalized spacial score (nSPS) is 29.4. The van der Waals surface area contributed by atoms with Crippen LogP contribution in [0.2, 0.25) is 0 Å². The Hall–Kier alpha value is -1.93. The number of aromatic nitrogens is 1. The summed E-state index contributed by atoms with van der Waals surface area (Å²) in [5.41, 5.74) is 1.24. The minimum atomic E-state index is -0.0240. The van der Waals surface area contributed by atoms with Crippen molar-refractivity contribution in [2.75, 3.05) is 27.2 Å². The second kappa shape index (κ2) is 7.13. The van der Waals surface area contributed by atoms with Crippen molar-refractivity contribution in [3.63, 3.8) is 0 Å². The van der Waals surface area contributed by atoms with Crippen molar-refractivity contribution < 1.29 is 4.79 Å². The lowest BCUT2D eigenvalue weighted by Gasteiger charge is -2.48. The van der Waals surface area contributed by atoms with Crippen LogP contribution in [0.5, 0.6) is 0 Å². The third-order valence-electron chi connectivity index (χ3n) is 6.26. The molecule has 0 aromatic carbocycles. The van der Waals surface area contributed by atoms with Gasteiger partial charge in [0, 0.05) is 32.1 Å². The van der Waals surface area contributed by atoms with Crippen molar-refractivity contribution in [2.45, 2.75) is 50.5 Å². The van der Waals surface area contributed by atoms with Gasteiger partial charge in [-0.1, -0.05) is 6.07 Å². The van der Waals surface area contributed by atoms with E-state index in [0.717, 1.165) is 50.9 Å². The summed E-state index contributed by atoms with van der Waals surface area (Å²) in [5.74, 6) is 0.271. The van der Waals surface area contributed by atoms with Crippen LogP contribution >= 0.6 is 0 Å². The Morgan fingerprint density at radius 2 is 2.04 bits per heavy atom. The molecule has 2 heterocycles. The van der Waals surface area contributed by atoms with Gasteiger partial charge in [-0.25, -0.2) is 0 Å². The van der Waals surface area contributed by atoms with Gasteiger partial charge in [0.1, 0.15) is 0 Å². The molecule has 1 saturated carbocycles. The lowest BCUT2D eigenvalue weighted by Crippen LogP contribution is -2.48. The van der Waals surface area contributed by atoms with Crippen LogP contribution < -0.4 is 0 Å². The predicted molar refractivity (Wildman–Crippen MR) is 96.5 cm³/mol. The summed E-state index contributed by atoms with van der Waals surface area (Å²) in [7, 11) is 4.28. The standard InChI is InChI=1S/C20H28N4O/c1-23(2)20(17-7-3-5-13-22-17)10-8-19(9-11-20)15-18(25)24(16-19)14-6-4-12-21/h3,5,7,13H,4,6,8-11,14-16H2,1-2H3/t19-,20-. The second-order valence-electron chi connectivity index (χ2n) is 7.89. The van der Waals surface area contributed by atoms with Gasteiger partial charge >= 0.3 is 0 Å². The highest BCUT2D eigenvalue weighted by Gasteiger charge is 2.50. The number of rotatable bonds is 5. The van der Waals surface area contributed by atoms with E-state index in [4.69, 9.17) is 5.26 Å². The Morgan fingerprint density at radius 3 is 2.64 bits per heavy atom. The van der Waals surface area contributed by atoms with Gasteiger partial charge in [0.2, 0.25) is 5.91 Å². The fraction of sp³-hybridized carbons (Fsp3) is 0.650. The number of pyridine rings is 1. The van der Waals surface area contributed by atoms with Crippen molar-refractivity contribution in [3.8, 4) is 6.07 Å². The summed E-state index contributed by atoms with van der Waals surface area (Å²) >= 11 is 0. The van der Waals surface area contributed by atoms with Gasteiger partial charge in [-0.15, -0.1) is 0 Å². The number of nitrogens with zero attached hydrogens (tertiary/aromatic N) is 4. The molecule has 2 fully saturated rings. The van der Waals surface area contributed by atoms with Crippen LogP contribution in [0.4, 0.5) is 0 Å². The highest BCUT2D eigenvalue weighted by atomic mass is 16.2. The molecular formula is C20H28N4O. The zero-order chi connectivity index (χ0) is 17.9. The Balaban J connectivity index is 1.70. The molecule has 1 amide bonds. The molecule has 5 nitrogen and oxygen atoms in total. The molecule has 1 aromatic heterocycles. The SMILES string of the molecule is CN(C)[C@]1(c2ccccn2)CC[C@@]2(CC1)CC(=O)N(CCCC#N)C2. The molecule has 1 aliphatic heterocycles. The number of hydrogen-bond donors (Lipinski definition) is 0. The van der Waals surface area contributed by atoms with Crippen LogP contribution in [0, 0.1) is 16.7 Å². The molecule has 1 aliphatic carbocycles. The van der Waals surface area contributed by atoms with Crippen LogP contribution in [-0.4, -0.2) is 47.9 Å². The van der Waals surface area contributed by atoms with Gasteiger partial charge in [-0.3, -0.25) is 14.7 Å². The van der Waals surface area contributed by atoms with E-state index >= 15 is 0 Å². The largest absolute Gasteiger partial charge is 0.342 e. The van der Waals surface area contributed by atoms with Gasteiger partial charge in [0.15, 0.2) is 0 Å². The number of unbranched alkanes of at least 4 members (excludes halogenated alkanes) is 1. The molecule has 1 saturated heterocycles. The molecular weight excluding hydrogens is 312 g/mol. The lowest BCUT2D eigenvalue weighted by molar-refractivity contribution is -0.127. The maximum absolute atomic E-state index is 12.4. The van der Waals surface area contributed by atoms with Gasteiger partial charge in [-0.05, 0) is 63.7 Å². The van der Waals surface area contributed by atoms with E-state index in [1.54, 1.807) is 0 Å². The molecule has 5 heteroatoms. The Morgan fingerprint density at radius 1 is 1.28 bits per heavy atom. The molecule has 0 bridgehead atoms. The molecule has 1 spiro atoms. The average Bonchev–Trinajstić information content (AvgIpc) is 2.92. The van der Waals surface area contributed by atoms with E-state index < -0.39 is 0 Å². The molecule has 0 atom stereocenters. The topological polar surface area (TPSA) is 60.2 Å². The first-order valence-corrected chi connectivity index (χ1v) is 9.25. The zero-order valence-electron chi connectivity index (χ0n) is 15.4. The van der Waals surface area contributed by atoms with E-state index in [-0.39, 0.29) is 16.9 Å². The summed E-state index contributed by atoms with van der Waals surface area (Å²) in [6.07, 6.45) is 8.05. The first kappa shape index (κ1) is 17.9. The fourth-order valence-corrected chi connectivity index (χ4v) is 4.63. The molecule has 2 aliphatic rings. The van der Waals surface area contributed by atoms with Crippen molar-refractivity contribution in [1.29, 1.82) is 5.26 Å². The van der Waals surface area contributed by atoms with Crippen molar-refractivity contribution in [1.82, 2.24) is 14.8 Å². The van der Waals surface area contributed by atoms with Crippen molar-refractivity contribution >= 4 is 5.91 Å². The number of carbonyl (C=O) groups is 1.